The molecule has 0 bridgehead atoms. The molecule has 0 aromatic heterocycles. The zero-order valence-electron chi connectivity index (χ0n) is 22.2. The first kappa shape index (κ1) is 29.3. The maximum atomic E-state index is 13.7. The highest BCUT2D eigenvalue weighted by Crippen LogP contribution is 2.43. The Bertz CT molecular complexity index is 1300. The van der Waals surface area contributed by atoms with Gasteiger partial charge in [-0.05, 0) is 44.7 Å². The molecule has 1 amide bonds. The van der Waals surface area contributed by atoms with Gasteiger partial charge in [0.05, 0.1) is 7.11 Å². The highest BCUT2D eigenvalue weighted by molar-refractivity contribution is 5.99. The predicted molar refractivity (Wildman–Crippen MR) is 139 cm³/mol. The zero-order valence-corrected chi connectivity index (χ0v) is 22.2. The Morgan fingerprint density at radius 2 is 1.87 bits per heavy atom. The van der Waals surface area contributed by atoms with Gasteiger partial charge < -0.3 is 24.6 Å². The number of allylic oxidation sites excluding steroid dienone is 2. The fourth-order valence-corrected chi connectivity index (χ4v) is 4.29. The summed E-state index contributed by atoms with van der Waals surface area (Å²) in [6, 6.07) is 6.13. The average Bonchev–Trinajstić information content (AvgIpc) is 3.29. The maximum absolute atomic E-state index is 13.7. The highest BCUT2D eigenvalue weighted by atomic mass is 19.1. The third kappa shape index (κ3) is 7.66. The van der Waals surface area contributed by atoms with E-state index in [-0.39, 0.29) is 62.5 Å². The number of carbonyl (C=O) groups excluding carboxylic acids is 3. The van der Waals surface area contributed by atoms with Gasteiger partial charge in [0.2, 0.25) is 5.91 Å². The molecule has 1 heterocycles. The van der Waals surface area contributed by atoms with E-state index in [1.165, 1.54) is 13.2 Å². The Labute approximate surface area is 225 Å². The van der Waals surface area contributed by atoms with E-state index in [9.17, 15) is 23.6 Å². The van der Waals surface area contributed by atoms with Crippen molar-refractivity contribution in [2.24, 2.45) is 0 Å². The first-order chi connectivity index (χ1) is 18.6. The molecule has 1 aliphatic heterocycles. The lowest BCUT2D eigenvalue weighted by Crippen LogP contribution is -2.23. The van der Waals surface area contributed by atoms with Crippen LogP contribution in [0, 0.1) is 12.7 Å². The maximum Gasteiger partial charge on any atom is 0.342 e. The topological polar surface area (TPSA) is 128 Å². The van der Waals surface area contributed by atoms with E-state index in [0.29, 0.717) is 34.4 Å². The monoisotopic (exact) mass is 541 g/mol. The predicted octanol–water partition coefficient (Wildman–Crippen LogP) is 4.56. The lowest BCUT2D eigenvalue weighted by atomic mass is 9.94. The molecular weight excluding hydrogens is 509 g/mol. The van der Waals surface area contributed by atoms with Crippen LogP contribution < -0.4 is 14.8 Å². The van der Waals surface area contributed by atoms with Crippen molar-refractivity contribution in [3.63, 3.8) is 0 Å². The molecule has 0 radical (unpaired) electrons. The minimum absolute atomic E-state index is 0.0231. The van der Waals surface area contributed by atoms with Gasteiger partial charge in [0.15, 0.2) is 5.75 Å². The molecular formula is C29H32FNO8. The number of aliphatic carboxylic acids is 1. The van der Waals surface area contributed by atoms with Crippen LogP contribution in [0.25, 0.3) is 0 Å². The van der Waals surface area contributed by atoms with Crippen LogP contribution in [0.4, 0.5) is 4.39 Å². The number of methoxy groups -OCH3 is 1. The van der Waals surface area contributed by atoms with Crippen LogP contribution in [-0.4, -0.2) is 36.0 Å². The summed E-state index contributed by atoms with van der Waals surface area (Å²) in [6.45, 7) is 3.65. The van der Waals surface area contributed by atoms with Gasteiger partial charge in [-0.2, -0.15) is 0 Å². The third-order valence-corrected chi connectivity index (χ3v) is 6.45. The van der Waals surface area contributed by atoms with Crippen LogP contribution in [0.15, 0.2) is 35.9 Å². The normalized spacial score (nSPS) is 12.5. The molecule has 0 spiro atoms. The molecule has 10 heteroatoms. The Morgan fingerprint density at radius 3 is 2.56 bits per heavy atom. The lowest BCUT2D eigenvalue weighted by Gasteiger charge is -2.19. The van der Waals surface area contributed by atoms with Crippen LogP contribution in [0.1, 0.15) is 71.6 Å². The van der Waals surface area contributed by atoms with Crippen molar-refractivity contribution in [3.8, 4) is 11.5 Å². The van der Waals surface area contributed by atoms with Crippen molar-refractivity contribution < 1.29 is 42.9 Å². The van der Waals surface area contributed by atoms with E-state index in [1.54, 1.807) is 32.0 Å². The van der Waals surface area contributed by atoms with Crippen molar-refractivity contribution in [2.75, 3.05) is 7.11 Å². The summed E-state index contributed by atoms with van der Waals surface area (Å²) in [7, 11) is 1.47. The fourth-order valence-electron chi connectivity index (χ4n) is 4.29. The molecule has 3 rings (SSSR count). The SMILES string of the molecule is COc1c(C)c2c(c(OC(=O)CCCC(=O)NCc3ccccc3F)c1CC=C(C)CCC(=O)O)C(=O)OC2. The van der Waals surface area contributed by atoms with Gasteiger partial charge in [-0.1, -0.05) is 29.8 Å². The second kappa shape index (κ2) is 13.5. The molecule has 9 nitrogen and oxygen atoms in total. The Morgan fingerprint density at radius 1 is 1.13 bits per heavy atom. The van der Waals surface area contributed by atoms with Gasteiger partial charge in [-0.15, -0.1) is 0 Å². The molecule has 0 fully saturated rings. The number of hydrogen-bond donors (Lipinski definition) is 2. The quantitative estimate of drug-likeness (QED) is 0.215. The minimum Gasteiger partial charge on any atom is -0.496 e. The summed E-state index contributed by atoms with van der Waals surface area (Å²) in [5.74, 6) is -2.42. The number of amides is 1. The van der Waals surface area contributed by atoms with E-state index in [0.717, 1.165) is 5.57 Å². The molecule has 208 valence electrons. The summed E-state index contributed by atoms with van der Waals surface area (Å²) < 4.78 is 30.2. The molecule has 2 aromatic rings. The van der Waals surface area contributed by atoms with Crippen molar-refractivity contribution in [1.82, 2.24) is 5.32 Å². The number of rotatable bonds is 13. The smallest absolute Gasteiger partial charge is 0.342 e. The third-order valence-electron chi connectivity index (χ3n) is 6.45. The van der Waals surface area contributed by atoms with Crippen molar-refractivity contribution in [2.45, 2.75) is 65.5 Å². The van der Waals surface area contributed by atoms with Crippen LogP contribution in [0.3, 0.4) is 0 Å². The molecule has 0 saturated heterocycles. The summed E-state index contributed by atoms with van der Waals surface area (Å²) in [4.78, 5) is 48.5. The molecule has 2 aromatic carbocycles. The first-order valence-corrected chi connectivity index (χ1v) is 12.6. The minimum atomic E-state index is -0.910. The van der Waals surface area contributed by atoms with E-state index in [1.807, 2.05) is 6.08 Å². The fraction of sp³-hybridized carbons (Fsp3) is 0.379. The molecule has 0 saturated carbocycles. The number of hydrogen-bond acceptors (Lipinski definition) is 7. The van der Waals surface area contributed by atoms with Gasteiger partial charge in [0, 0.05) is 42.5 Å². The number of ether oxygens (including phenoxy) is 3. The van der Waals surface area contributed by atoms with Gasteiger partial charge in [-0.25, -0.2) is 9.18 Å². The summed E-state index contributed by atoms with van der Waals surface area (Å²) in [5, 5.41) is 11.6. The van der Waals surface area contributed by atoms with Gasteiger partial charge >= 0.3 is 17.9 Å². The molecule has 0 aliphatic carbocycles. The van der Waals surface area contributed by atoms with E-state index >= 15 is 0 Å². The number of esters is 2. The number of cyclic esters (lactones) is 1. The Hall–Kier alpha value is -4.21. The summed E-state index contributed by atoms with van der Waals surface area (Å²) in [5.41, 5.74) is 3.07. The molecule has 2 N–H and O–H groups in total. The van der Waals surface area contributed by atoms with Crippen LogP contribution >= 0.6 is 0 Å². The summed E-state index contributed by atoms with van der Waals surface area (Å²) >= 11 is 0. The number of fused-ring (bicyclic) bond motifs is 1. The zero-order chi connectivity index (χ0) is 28.5. The van der Waals surface area contributed by atoms with Gasteiger partial charge in [0.1, 0.15) is 23.7 Å². The number of carboxylic acid groups (broad SMARTS) is 1. The Balaban J connectivity index is 1.72. The van der Waals surface area contributed by atoms with Crippen molar-refractivity contribution in [1.29, 1.82) is 0 Å². The van der Waals surface area contributed by atoms with E-state index in [4.69, 9.17) is 19.3 Å². The molecule has 39 heavy (non-hydrogen) atoms. The van der Waals surface area contributed by atoms with E-state index < -0.39 is 23.7 Å². The standard InChI is InChI=1S/C29H32FNO8/c1-17(12-14-24(33)34)11-13-20-27(37-3)18(2)21-16-38-29(36)26(21)28(20)39-25(35)10-6-9-23(32)31-15-19-7-4-5-8-22(19)30/h4-5,7-8,11H,6,9-10,12-16H2,1-3H3,(H,31,32)(H,33,34). The first-order valence-electron chi connectivity index (χ1n) is 12.6. The number of nitrogens with one attached hydrogen (secondary N) is 1. The number of carboxylic acids is 1. The number of halogens is 1. The number of carbonyl (C=O) groups is 4. The van der Waals surface area contributed by atoms with Crippen LogP contribution in [0.5, 0.6) is 11.5 Å². The average molecular weight is 542 g/mol. The summed E-state index contributed by atoms with van der Waals surface area (Å²) in [6.07, 6.45) is 2.48. The highest BCUT2D eigenvalue weighted by Gasteiger charge is 2.34. The second-order valence-electron chi connectivity index (χ2n) is 9.24. The second-order valence-corrected chi connectivity index (χ2v) is 9.24. The molecule has 1 aliphatic rings. The lowest BCUT2D eigenvalue weighted by molar-refractivity contribution is -0.137. The van der Waals surface area contributed by atoms with E-state index in [2.05, 4.69) is 5.32 Å². The van der Waals surface area contributed by atoms with Crippen LogP contribution in [0.2, 0.25) is 0 Å². The van der Waals surface area contributed by atoms with Crippen molar-refractivity contribution in [3.05, 3.63) is 69.5 Å². The van der Waals surface area contributed by atoms with Gasteiger partial charge in [0.25, 0.3) is 0 Å². The van der Waals surface area contributed by atoms with Crippen molar-refractivity contribution >= 4 is 23.8 Å². The number of benzene rings is 2. The van der Waals surface area contributed by atoms with Gasteiger partial charge in [-0.3, -0.25) is 14.4 Å². The Kier molecular flexibility index (Phi) is 10.2. The molecule has 0 unspecified atom stereocenters. The van der Waals surface area contributed by atoms with Crippen LogP contribution in [-0.2, 0) is 38.7 Å². The largest absolute Gasteiger partial charge is 0.496 e. The molecule has 0 atom stereocenters.